The van der Waals surface area contributed by atoms with Crippen molar-refractivity contribution < 1.29 is 14.6 Å². The zero-order valence-electron chi connectivity index (χ0n) is 14.8. The fraction of sp³-hybridized carbons (Fsp3) is 0.350. The van der Waals surface area contributed by atoms with Crippen LogP contribution >= 0.6 is 34.8 Å². The second-order valence-corrected chi connectivity index (χ2v) is 7.70. The number of ether oxygens (including phenoxy) is 1. The van der Waals surface area contributed by atoms with Crippen LogP contribution in [0.1, 0.15) is 36.9 Å². The predicted molar refractivity (Wildman–Crippen MR) is 108 cm³/mol. The molecule has 0 saturated carbocycles. The Morgan fingerprint density at radius 3 is 2.56 bits per heavy atom. The number of hydrogen-bond acceptors (Lipinski definition) is 3. The molecule has 0 amide bonds. The van der Waals surface area contributed by atoms with Gasteiger partial charge in [-0.15, -0.1) is 0 Å². The Balaban J connectivity index is 2.19. The Morgan fingerprint density at radius 1 is 1.19 bits per heavy atom. The maximum absolute atomic E-state index is 11.8. The molecule has 0 radical (unpaired) electrons. The Bertz CT molecular complexity index is 843. The quantitative estimate of drug-likeness (QED) is 0.642. The highest BCUT2D eigenvalue weighted by Crippen LogP contribution is 2.42. The van der Waals surface area contributed by atoms with Gasteiger partial charge in [0, 0.05) is 27.2 Å². The van der Waals surface area contributed by atoms with Gasteiger partial charge in [0.05, 0.1) is 12.6 Å². The van der Waals surface area contributed by atoms with E-state index in [2.05, 4.69) is 0 Å². The van der Waals surface area contributed by atoms with E-state index in [-0.39, 0.29) is 0 Å². The standard InChI is InChI=1S/C20H20Cl3NO3/c1-2-27-18-8-6-12(21)10-15(18)19(14-7-5-13(22)11-16(14)23)24-9-3-4-17(24)20(25)26/h5-8,10-11,17,19H,2-4,9H2,1H3,(H,25,26). The molecule has 27 heavy (non-hydrogen) atoms. The number of likely N-dealkylation sites (tertiary alicyclic amines) is 1. The summed E-state index contributed by atoms with van der Waals surface area (Å²) in [6, 6.07) is 9.64. The maximum atomic E-state index is 11.8. The van der Waals surface area contributed by atoms with E-state index in [1.807, 2.05) is 30.0 Å². The molecule has 0 aromatic heterocycles. The van der Waals surface area contributed by atoms with Crippen molar-refractivity contribution >= 4 is 40.8 Å². The molecule has 2 unspecified atom stereocenters. The molecule has 0 spiro atoms. The average molecular weight is 429 g/mol. The number of carboxylic acids is 1. The summed E-state index contributed by atoms with van der Waals surface area (Å²) in [4.78, 5) is 13.8. The summed E-state index contributed by atoms with van der Waals surface area (Å²) in [5.41, 5.74) is 1.57. The number of aliphatic carboxylic acids is 1. The maximum Gasteiger partial charge on any atom is 0.320 e. The summed E-state index contributed by atoms with van der Waals surface area (Å²) < 4.78 is 5.81. The topological polar surface area (TPSA) is 49.8 Å². The van der Waals surface area contributed by atoms with Crippen LogP contribution in [0.15, 0.2) is 36.4 Å². The van der Waals surface area contributed by atoms with Gasteiger partial charge in [-0.25, -0.2) is 0 Å². The Kier molecular flexibility index (Phi) is 6.53. The molecule has 2 aromatic carbocycles. The highest BCUT2D eigenvalue weighted by atomic mass is 35.5. The Hall–Kier alpha value is -1.46. The van der Waals surface area contributed by atoms with Crippen molar-refractivity contribution in [2.75, 3.05) is 13.2 Å². The van der Waals surface area contributed by atoms with Gasteiger partial charge in [-0.1, -0.05) is 40.9 Å². The predicted octanol–water partition coefficient (Wildman–Crippen LogP) is 5.68. The lowest BCUT2D eigenvalue weighted by molar-refractivity contribution is -0.142. The number of hydrogen-bond donors (Lipinski definition) is 1. The third-order valence-electron chi connectivity index (χ3n) is 4.73. The third kappa shape index (κ3) is 4.35. The summed E-state index contributed by atoms with van der Waals surface area (Å²) >= 11 is 18.9. The van der Waals surface area contributed by atoms with Crippen LogP contribution in [0.25, 0.3) is 0 Å². The van der Waals surface area contributed by atoms with Gasteiger partial charge in [0.25, 0.3) is 0 Å². The van der Waals surface area contributed by atoms with Crippen LogP contribution < -0.4 is 4.74 Å². The molecule has 1 saturated heterocycles. The number of carboxylic acid groups (broad SMARTS) is 1. The molecule has 4 nitrogen and oxygen atoms in total. The van der Waals surface area contributed by atoms with Crippen LogP contribution in [0, 0.1) is 0 Å². The van der Waals surface area contributed by atoms with Crippen molar-refractivity contribution in [1.82, 2.24) is 4.90 Å². The Morgan fingerprint density at radius 2 is 1.89 bits per heavy atom. The lowest BCUT2D eigenvalue weighted by atomic mass is 9.95. The van der Waals surface area contributed by atoms with Crippen molar-refractivity contribution in [3.63, 3.8) is 0 Å². The molecule has 0 aliphatic carbocycles. The molecule has 3 rings (SSSR count). The molecule has 1 aliphatic rings. The second-order valence-electron chi connectivity index (χ2n) is 6.42. The molecule has 0 bridgehead atoms. The van der Waals surface area contributed by atoms with Crippen molar-refractivity contribution in [3.05, 3.63) is 62.6 Å². The van der Waals surface area contributed by atoms with E-state index in [4.69, 9.17) is 39.5 Å². The number of benzene rings is 2. The van der Waals surface area contributed by atoms with Crippen molar-refractivity contribution in [2.24, 2.45) is 0 Å². The van der Waals surface area contributed by atoms with Gasteiger partial charge < -0.3 is 9.84 Å². The third-order valence-corrected chi connectivity index (χ3v) is 5.53. The molecule has 144 valence electrons. The van der Waals surface area contributed by atoms with E-state index in [9.17, 15) is 9.90 Å². The van der Waals surface area contributed by atoms with E-state index in [1.165, 1.54) is 0 Å². The van der Waals surface area contributed by atoms with Gasteiger partial charge >= 0.3 is 5.97 Å². The molecule has 2 atom stereocenters. The molecule has 1 fully saturated rings. The fourth-order valence-electron chi connectivity index (χ4n) is 3.63. The summed E-state index contributed by atoms with van der Waals surface area (Å²) in [5, 5.41) is 11.3. The smallest absolute Gasteiger partial charge is 0.320 e. The van der Waals surface area contributed by atoms with Gasteiger partial charge in [0.15, 0.2) is 0 Å². The van der Waals surface area contributed by atoms with Crippen molar-refractivity contribution in [2.45, 2.75) is 31.8 Å². The summed E-state index contributed by atoms with van der Waals surface area (Å²) in [5.74, 6) is -0.184. The van der Waals surface area contributed by atoms with Crippen LogP contribution in [-0.4, -0.2) is 35.2 Å². The van der Waals surface area contributed by atoms with Gasteiger partial charge in [-0.3, -0.25) is 9.69 Å². The molecular weight excluding hydrogens is 409 g/mol. The van der Waals surface area contributed by atoms with E-state index in [0.29, 0.717) is 40.4 Å². The molecule has 7 heteroatoms. The summed E-state index contributed by atoms with van der Waals surface area (Å²) in [7, 11) is 0. The van der Waals surface area contributed by atoms with E-state index >= 15 is 0 Å². The highest BCUT2D eigenvalue weighted by molar-refractivity contribution is 6.35. The number of carbonyl (C=O) groups is 1. The Labute approximate surface area is 173 Å². The van der Waals surface area contributed by atoms with Gasteiger partial charge in [-0.05, 0) is 55.7 Å². The fourth-order valence-corrected chi connectivity index (χ4v) is 4.32. The number of halogens is 3. The van der Waals surface area contributed by atoms with Crippen LogP contribution in [0.2, 0.25) is 15.1 Å². The molecule has 1 aliphatic heterocycles. The first-order valence-corrected chi connectivity index (χ1v) is 9.91. The van der Waals surface area contributed by atoms with E-state index in [1.54, 1.807) is 18.2 Å². The zero-order chi connectivity index (χ0) is 19.6. The molecule has 1 heterocycles. The first-order chi connectivity index (χ1) is 12.9. The van der Waals surface area contributed by atoms with Crippen LogP contribution in [-0.2, 0) is 4.79 Å². The number of rotatable bonds is 6. The lowest BCUT2D eigenvalue weighted by Gasteiger charge is -2.33. The molecule has 2 aromatic rings. The first kappa shape index (κ1) is 20.3. The normalized spacial score (nSPS) is 18.4. The highest BCUT2D eigenvalue weighted by Gasteiger charge is 2.38. The van der Waals surface area contributed by atoms with Crippen molar-refractivity contribution in [1.29, 1.82) is 0 Å². The van der Waals surface area contributed by atoms with Gasteiger partial charge in [-0.2, -0.15) is 0 Å². The lowest BCUT2D eigenvalue weighted by Crippen LogP contribution is -2.39. The van der Waals surface area contributed by atoms with Crippen LogP contribution in [0.3, 0.4) is 0 Å². The molecule has 1 N–H and O–H groups in total. The van der Waals surface area contributed by atoms with Gasteiger partial charge in [0.1, 0.15) is 11.8 Å². The SMILES string of the molecule is CCOc1ccc(Cl)cc1C(c1ccc(Cl)cc1Cl)N1CCCC1C(=O)O. The average Bonchev–Trinajstić information content (AvgIpc) is 3.09. The summed E-state index contributed by atoms with van der Waals surface area (Å²) in [6.07, 6.45) is 1.38. The van der Waals surface area contributed by atoms with Crippen LogP contribution in [0.4, 0.5) is 0 Å². The van der Waals surface area contributed by atoms with E-state index in [0.717, 1.165) is 17.5 Å². The molecular formula is C20H20Cl3NO3. The number of nitrogens with zero attached hydrogens (tertiary/aromatic N) is 1. The minimum Gasteiger partial charge on any atom is -0.494 e. The van der Waals surface area contributed by atoms with Crippen LogP contribution in [0.5, 0.6) is 5.75 Å². The minimum absolute atomic E-state index is 0.404. The first-order valence-electron chi connectivity index (χ1n) is 8.78. The summed E-state index contributed by atoms with van der Waals surface area (Å²) in [6.45, 7) is 3.02. The van der Waals surface area contributed by atoms with Crippen molar-refractivity contribution in [3.8, 4) is 5.75 Å². The monoisotopic (exact) mass is 427 g/mol. The second kappa shape index (κ2) is 8.70. The minimum atomic E-state index is -0.845. The largest absolute Gasteiger partial charge is 0.494 e. The van der Waals surface area contributed by atoms with Gasteiger partial charge in [0.2, 0.25) is 0 Å². The zero-order valence-corrected chi connectivity index (χ0v) is 17.1. The van der Waals surface area contributed by atoms with E-state index < -0.39 is 18.1 Å².